The fourth-order valence-corrected chi connectivity index (χ4v) is 1.27. The molecule has 5 nitrogen and oxygen atoms in total. The fraction of sp³-hybridized carbons (Fsp3) is 0.231. The largest absolute Gasteiger partial charge is 0.506 e. The Hall–Kier alpha value is -1.92. The van der Waals surface area contributed by atoms with Gasteiger partial charge in [-0.05, 0) is 13.8 Å². The number of carbonyl (C=O) groups is 1. The van der Waals surface area contributed by atoms with Gasteiger partial charge in [-0.25, -0.2) is 4.79 Å². The van der Waals surface area contributed by atoms with Crippen molar-refractivity contribution >= 4 is 28.4 Å². The van der Waals surface area contributed by atoms with Crippen LogP contribution in [0.4, 0.5) is 0 Å². The molecule has 3 radical (unpaired) electrons. The summed E-state index contributed by atoms with van der Waals surface area (Å²) in [5.74, 6) is -1.61. The standard InChI is InChI=1S/C13H14NO4Si/c1-13(2,18-19)14-8-10(12(16)17)11(15)9-6-4-3-5-7-9/h3-8,15H,1-2H3,(H,16,17). The van der Waals surface area contributed by atoms with Crippen LogP contribution in [0.3, 0.4) is 0 Å². The number of rotatable bonds is 5. The molecule has 0 aliphatic carbocycles. The second-order valence-corrected chi connectivity index (χ2v) is 4.44. The van der Waals surface area contributed by atoms with E-state index in [0.717, 1.165) is 6.21 Å². The number of nitrogens with zero attached hydrogens (tertiary/aromatic N) is 1. The van der Waals surface area contributed by atoms with Gasteiger partial charge in [0.15, 0.2) is 0 Å². The van der Waals surface area contributed by atoms with Gasteiger partial charge >= 0.3 is 5.97 Å². The summed E-state index contributed by atoms with van der Waals surface area (Å²) in [6.45, 7) is 3.27. The molecule has 0 saturated heterocycles. The monoisotopic (exact) mass is 276 g/mol. The van der Waals surface area contributed by atoms with Gasteiger partial charge in [0.05, 0.1) is 0 Å². The summed E-state index contributed by atoms with van der Waals surface area (Å²) in [5, 5.41) is 19.1. The molecule has 1 aromatic carbocycles. The Morgan fingerprint density at radius 1 is 1.32 bits per heavy atom. The van der Waals surface area contributed by atoms with Gasteiger partial charge in [-0.2, -0.15) is 0 Å². The summed E-state index contributed by atoms with van der Waals surface area (Å²) < 4.78 is 4.86. The van der Waals surface area contributed by atoms with Crippen molar-refractivity contribution < 1.29 is 19.4 Å². The summed E-state index contributed by atoms with van der Waals surface area (Å²) in [4.78, 5) is 15.1. The van der Waals surface area contributed by atoms with Crippen LogP contribution < -0.4 is 0 Å². The van der Waals surface area contributed by atoms with Gasteiger partial charge in [0.25, 0.3) is 0 Å². The van der Waals surface area contributed by atoms with E-state index in [0.29, 0.717) is 5.56 Å². The van der Waals surface area contributed by atoms with E-state index in [1.165, 1.54) is 0 Å². The lowest BCUT2D eigenvalue weighted by Gasteiger charge is -2.17. The van der Waals surface area contributed by atoms with Gasteiger partial charge in [-0.1, -0.05) is 30.3 Å². The van der Waals surface area contributed by atoms with Crippen LogP contribution in [0, 0.1) is 0 Å². The third-order valence-electron chi connectivity index (χ3n) is 2.29. The fourth-order valence-electron chi connectivity index (χ4n) is 1.22. The summed E-state index contributed by atoms with van der Waals surface area (Å²) in [6.07, 6.45) is 1.07. The second-order valence-electron chi connectivity index (χ2n) is 4.24. The van der Waals surface area contributed by atoms with Crippen LogP contribution in [0.15, 0.2) is 40.9 Å². The van der Waals surface area contributed by atoms with E-state index < -0.39 is 11.7 Å². The lowest BCUT2D eigenvalue weighted by Crippen LogP contribution is -2.21. The molecule has 0 heterocycles. The van der Waals surface area contributed by atoms with Gasteiger partial charge in [-0.15, -0.1) is 0 Å². The minimum atomic E-state index is -1.27. The van der Waals surface area contributed by atoms with E-state index >= 15 is 0 Å². The molecule has 2 N–H and O–H groups in total. The van der Waals surface area contributed by atoms with Gasteiger partial charge in [0.1, 0.15) is 17.1 Å². The number of hydrogen-bond acceptors (Lipinski definition) is 4. The van der Waals surface area contributed by atoms with Crippen molar-refractivity contribution in [3.8, 4) is 0 Å². The predicted molar refractivity (Wildman–Crippen MR) is 73.0 cm³/mol. The molecule has 99 valence electrons. The van der Waals surface area contributed by atoms with Crippen LogP contribution in [0.1, 0.15) is 19.4 Å². The minimum Gasteiger partial charge on any atom is -0.506 e. The smallest absolute Gasteiger partial charge is 0.341 e. The topological polar surface area (TPSA) is 79.1 Å². The predicted octanol–water partition coefficient (Wildman–Crippen LogP) is 1.95. The third kappa shape index (κ3) is 4.35. The Kier molecular flexibility index (Phi) is 5.02. The van der Waals surface area contributed by atoms with Crippen LogP contribution >= 0.6 is 0 Å². The average molecular weight is 276 g/mol. The third-order valence-corrected chi connectivity index (χ3v) is 2.79. The van der Waals surface area contributed by atoms with Gasteiger partial charge in [-0.3, -0.25) is 4.99 Å². The summed E-state index contributed by atoms with van der Waals surface area (Å²) >= 11 is 0. The van der Waals surface area contributed by atoms with Gasteiger partial charge in [0.2, 0.25) is 10.5 Å². The molecule has 0 aliphatic rings. The molecular formula is C13H14NO4Si. The number of aliphatic hydroxyl groups excluding tert-OH is 1. The van der Waals surface area contributed by atoms with Crippen LogP contribution in [-0.2, 0) is 9.22 Å². The summed E-state index contributed by atoms with van der Waals surface area (Å²) in [5.41, 5.74) is -0.833. The second kappa shape index (κ2) is 6.30. The molecule has 6 heteroatoms. The maximum Gasteiger partial charge on any atom is 0.341 e. The highest BCUT2D eigenvalue weighted by atomic mass is 28.2. The Balaban J connectivity index is 3.18. The van der Waals surface area contributed by atoms with Crippen LogP contribution in [0.5, 0.6) is 0 Å². The molecule has 0 amide bonds. The summed E-state index contributed by atoms with van der Waals surface area (Å²) in [6, 6.07) is 8.39. The number of aliphatic imine (C=N–C) groups is 1. The zero-order chi connectivity index (χ0) is 14.5. The highest BCUT2D eigenvalue weighted by Crippen LogP contribution is 2.16. The highest BCUT2D eigenvalue weighted by molar-refractivity contribution is 6.14. The van der Waals surface area contributed by atoms with Crippen molar-refractivity contribution in [2.75, 3.05) is 0 Å². The summed E-state index contributed by atoms with van der Waals surface area (Å²) in [7, 11) is 2.85. The zero-order valence-corrected chi connectivity index (χ0v) is 11.6. The Morgan fingerprint density at radius 3 is 2.37 bits per heavy atom. The highest BCUT2D eigenvalue weighted by Gasteiger charge is 2.17. The van der Waals surface area contributed by atoms with E-state index in [-0.39, 0.29) is 11.3 Å². The Morgan fingerprint density at radius 2 is 1.89 bits per heavy atom. The number of carboxylic acid groups (broad SMARTS) is 1. The van der Waals surface area contributed by atoms with E-state index in [1.54, 1.807) is 44.2 Å². The van der Waals surface area contributed by atoms with E-state index in [2.05, 4.69) is 15.5 Å². The van der Waals surface area contributed by atoms with Gasteiger partial charge < -0.3 is 14.6 Å². The number of benzene rings is 1. The van der Waals surface area contributed by atoms with Crippen molar-refractivity contribution in [2.24, 2.45) is 4.99 Å². The Bertz CT molecular complexity index is 509. The number of aliphatic carboxylic acids is 1. The average Bonchev–Trinajstić information content (AvgIpc) is 2.39. The van der Waals surface area contributed by atoms with Crippen molar-refractivity contribution in [3.63, 3.8) is 0 Å². The van der Waals surface area contributed by atoms with Crippen molar-refractivity contribution in [3.05, 3.63) is 41.5 Å². The molecule has 1 rings (SSSR count). The first-order valence-corrected chi connectivity index (χ1v) is 5.90. The number of carboxylic acids is 1. The molecule has 0 spiro atoms. The molecule has 0 unspecified atom stereocenters. The quantitative estimate of drug-likeness (QED) is 0.373. The molecule has 0 aromatic heterocycles. The molecule has 0 saturated carbocycles. The first-order chi connectivity index (χ1) is 8.87. The zero-order valence-electron chi connectivity index (χ0n) is 10.6. The van der Waals surface area contributed by atoms with Crippen molar-refractivity contribution in [2.45, 2.75) is 19.6 Å². The van der Waals surface area contributed by atoms with Crippen LogP contribution in [0.25, 0.3) is 5.76 Å². The first kappa shape index (κ1) is 15.1. The number of hydrogen-bond donors (Lipinski definition) is 2. The van der Waals surface area contributed by atoms with E-state index in [9.17, 15) is 9.90 Å². The van der Waals surface area contributed by atoms with Gasteiger partial charge in [0, 0.05) is 11.8 Å². The first-order valence-electron chi connectivity index (χ1n) is 5.49. The normalized spacial score (nSPS) is 13.4. The Labute approximate surface area is 114 Å². The maximum absolute atomic E-state index is 11.2. The maximum atomic E-state index is 11.2. The van der Waals surface area contributed by atoms with Crippen molar-refractivity contribution in [1.82, 2.24) is 0 Å². The lowest BCUT2D eigenvalue weighted by molar-refractivity contribution is -0.132. The van der Waals surface area contributed by atoms with E-state index in [1.807, 2.05) is 0 Å². The molecule has 0 aliphatic heterocycles. The lowest BCUT2D eigenvalue weighted by atomic mass is 10.1. The van der Waals surface area contributed by atoms with E-state index in [4.69, 9.17) is 9.53 Å². The van der Waals surface area contributed by atoms with Crippen LogP contribution in [0.2, 0.25) is 0 Å². The van der Waals surface area contributed by atoms with Crippen LogP contribution in [-0.4, -0.2) is 38.6 Å². The molecule has 19 heavy (non-hydrogen) atoms. The molecule has 0 bridgehead atoms. The molecular weight excluding hydrogens is 262 g/mol. The minimum absolute atomic E-state index is 0.303. The van der Waals surface area contributed by atoms with Crippen molar-refractivity contribution in [1.29, 1.82) is 0 Å². The molecule has 1 aromatic rings. The number of aliphatic hydroxyl groups is 1. The SMILES string of the molecule is CC(C)(N=CC(C(=O)O)=C(O)c1ccccc1)O[Si]. The molecule has 0 atom stereocenters. The molecule has 0 fully saturated rings.